The van der Waals surface area contributed by atoms with Gasteiger partial charge in [0.2, 0.25) is 0 Å². The topological polar surface area (TPSA) is 33.3 Å². The van der Waals surface area contributed by atoms with Gasteiger partial charge >= 0.3 is 0 Å². The molecule has 0 aliphatic heterocycles. The molecule has 0 amide bonds. The molecule has 1 rings (SSSR count). The summed E-state index contributed by atoms with van der Waals surface area (Å²) in [6.07, 6.45) is 3.55. The molecule has 3 nitrogen and oxygen atoms in total. The zero-order chi connectivity index (χ0) is 12.9. The van der Waals surface area contributed by atoms with Crippen LogP contribution in [0.25, 0.3) is 0 Å². The Morgan fingerprint density at radius 3 is 2.28 bits per heavy atom. The van der Waals surface area contributed by atoms with Crippen molar-refractivity contribution in [1.82, 2.24) is 10.6 Å². The normalized spacial score (nSPS) is 10.7. The Balaban J connectivity index is 1.82. The first-order valence-electron chi connectivity index (χ1n) is 6.88. The molecule has 2 N–H and O–H groups in total. The fourth-order valence-electron chi connectivity index (χ4n) is 1.82. The van der Waals surface area contributed by atoms with E-state index in [4.69, 9.17) is 4.74 Å². The molecule has 0 radical (unpaired) electrons. The first-order valence-corrected chi connectivity index (χ1v) is 6.88. The summed E-state index contributed by atoms with van der Waals surface area (Å²) >= 11 is 0. The highest BCUT2D eigenvalue weighted by Gasteiger charge is 1.92. The molecule has 3 heteroatoms. The van der Waals surface area contributed by atoms with Crippen molar-refractivity contribution in [2.75, 3.05) is 39.9 Å². The number of nitrogens with one attached hydrogen (secondary N) is 2. The second-order valence-electron chi connectivity index (χ2n) is 4.44. The highest BCUT2D eigenvalue weighted by Crippen LogP contribution is 2.01. The molecule has 0 saturated heterocycles. The molecule has 1 aromatic rings. The second kappa shape index (κ2) is 11.2. The third-order valence-electron chi connectivity index (χ3n) is 2.85. The summed E-state index contributed by atoms with van der Waals surface area (Å²) in [4.78, 5) is 0. The van der Waals surface area contributed by atoms with Gasteiger partial charge in [-0.2, -0.15) is 0 Å². The van der Waals surface area contributed by atoms with Crippen LogP contribution in [0.2, 0.25) is 0 Å². The predicted octanol–water partition coefficient (Wildman–Crippen LogP) is 1.83. The molecule has 0 aromatic heterocycles. The maximum absolute atomic E-state index is 4.97. The van der Waals surface area contributed by atoms with Gasteiger partial charge in [-0.05, 0) is 44.5 Å². The summed E-state index contributed by atoms with van der Waals surface area (Å²) in [5, 5.41) is 6.81. The molecule has 18 heavy (non-hydrogen) atoms. The zero-order valence-corrected chi connectivity index (χ0v) is 11.5. The van der Waals surface area contributed by atoms with E-state index in [0.29, 0.717) is 0 Å². The SMILES string of the molecule is COCCNCCCNCCCc1ccccc1. The van der Waals surface area contributed by atoms with Crippen molar-refractivity contribution in [2.45, 2.75) is 19.3 Å². The minimum absolute atomic E-state index is 0.796. The molecular weight excluding hydrogens is 224 g/mol. The van der Waals surface area contributed by atoms with Crippen LogP contribution >= 0.6 is 0 Å². The van der Waals surface area contributed by atoms with Crippen molar-refractivity contribution < 1.29 is 4.74 Å². The van der Waals surface area contributed by atoms with Crippen molar-refractivity contribution in [3.63, 3.8) is 0 Å². The van der Waals surface area contributed by atoms with Crippen LogP contribution in [0.3, 0.4) is 0 Å². The van der Waals surface area contributed by atoms with E-state index in [1.165, 1.54) is 24.8 Å². The predicted molar refractivity (Wildman–Crippen MR) is 77.0 cm³/mol. The Bertz CT molecular complexity index is 277. The molecular formula is C15H26N2O. The largest absolute Gasteiger partial charge is 0.383 e. The van der Waals surface area contributed by atoms with Gasteiger partial charge in [0.05, 0.1) is 6.61 Å². The van der Waals surface area contributed by atoms with Gasteiger partial charge in [-0.1, -0.05) is 30.3 Å². The Morgan fingerprint density at radius 1 is 0.889 bits per heavy atom. The average Bonchev–Trinajstić information content (AvgIpc) is 2.42. The quantitative estimate of drug-likeness (QED) is 0.588. The average molecular weight is 250 g/mol. The van der Waals surface area contributed by atoms with Crippen molar-refractivity contribution >= 4 is 0 Å². The van der Waals surface area contributed by atoms with E-state index >= 15 is 0 Å². The zero-order valence-electron chi connectivity index (χ0n) is 11.5. The molecule has 102 valence electrons. The summed E-state index contributed by atoms with van der Waals surface area (Å²) in [6, 6.07) is 10.7. The van der Waals surface area contributed by atoms with E-state index in [-0.39, 0.29) is 0 Å². The molecule has 0 aliphatic rings. The van der Waals surface area contributed by atoms with E-state index in [9.17, 15) is 0 Å². The lowest BCUT2D eigenvalue weighted by atomic mass is 10.1. The number of rotatable bonds is 11. The molecule has 0 unspecified atom stereocenters. The molecule has 0 spiro atoms. The van der Waals surface area contributed by atoms with Crippen LogP contribution in [0.4, 0.5) is 0 Å². The van der Waals surface area contributed by atoms with Crippen LogP contribution in [-0.4, -0.2) is 39.9 Å². The van der Waals surface area contributed by atoms with Gasteiger partial charge in [0.15, 0.2) is 0 Å². The number of methoxy groups -OCH3 is 1. The van der Waals surface area contributed by atoms with Crippen molar-refractivity contribution in [3.8, 4) is 0 Å². The van der Waals surface area contributed by atoms with Crippen LogP contribution in [0.1, 0.15) is 18.4 Å². The maximum Gasteiger partial charge on any atom is 0.0587 e. The first-order chi connectivity index (χ1) is 8.93. The monoisotopic (exact) mass is 250 g/mol. The maximum atomic E-state index is 4.97. The number of hydrogen-bond donors (Lipinski definition) is 2. The van der Waals surface area contributed by atoms with Gasteiger partial charge in [-0.25, -0.2) is 0 Å². The Hall–Kier alpha value is -0.900. The highest BCUT2D eigenvalue weighted by atomic mass is 16.5. The summed E-state index contributed by atoms with van der Waals surface area (Å²) in [5.74, 6) is 0. The second-order valence-corrected chi connectivity index (χ2v) is 4.44. The summed E-state index contributed by atoms with van der Waals surface area (Å²) in [7, 11) is 1.73. The molecule has 0 fully saturated rings. The van der Waals surface area contributed by atoms with Crippen LogP contribution in [0, 0.1) is 0 Å². The van der Waals surface area contributed by atoms with E-state index in [1.807, 2.05) is 0 Å². The molecule has 0 heterocycles. The van der Waals surface area contributed by atoms with Crippen LogP contribution in [0.15, 0.2) is 30.3 Å². The van der Waals surface area contributed by atoms with Crippen LogP contribution < -0.4 is 10.6 Å². The summed E-state index contributed by atoms with van der Waals surface area (Å²) in [5.41, 5.74) is 1.43. The van der Waals surface area contributed by atoms with Gasteiger partial charge in [0.1, 0.15) is 0 Å². The van der Waals surface area contributed by atoms with Gasteiger partial charge in [-0.15, -0.1) is 0 Å². The van der Waals surface area contributed by atoms with Gasteiger partial charge in [-0.3, -0.25) is 0 Å². The molecule has 0 bridgehead atoms. The van der Waals surface area contributed by atoms with Gasteiger partial charge in [0.25, 0.3) is 0 Å². The number of ether oxygens (including phenoxy) is 1. The number of aryl methyl sites for hydroxylation is 1. The van der Waals surface area contributed by atoms with E-state index in [0.717, 1.165) is 32.8 Å². The van der Waals surface area contributed by atoms with Crippen molar-refractivity contribution in [3.05, 3.63) is 35.9 Å². The smallest absolute Gasteiger partial charge is 0.0587 e. The fraction of sp³-hybridized carbons (Fsp3) is 0.600. The summed E-state index contributed by atoms with van der Waals surface area (Å²) < 4.78 is 4.97. The fourth-order valence-corrected chi connectivity index (χ4v) is 1.82. The van der Waals surface area contributed by atoms with Crippen molar-refractivity contribution in [1.29, 1.82) is 0 Å². The molecule has 0 atom stereocenters. The molecule has 0 aliphatic carbocycles. The van der Waals surface area contributed by atoms with Crippen molar-refractivity contribution in [2.24, 2.45) is 0 Å². The Labute approximate surface area is 111 Å². The molecule has 0 saturated carbocycles. The minimum Gasteiger partial charge on any atom is -0.383 e. The van der Waals surface area contributed by atoms with Gasteiger partial charge in [0, 0.05) is 13.7 Å². The summed E-state index contributed by atoms with van der Waals surface area (Å²) in [6.45, 7) is 5.01. The van der Waals surface area contributed by atoms with E-state index in [1.54, 1.807) is 7.11 Å². The Kier molecular flexibility index (Phi) is 9.44. The number of benzene rings is 1. The lowest BCUT2D eigenvalue weighted by molar-refractivity contribution is 0.199. The Morgan fingerprint density at radius 2 is 1.56 bits per heavy atom. The third kappa shape index (κ3) is 8.23. The lowest BCUT2D eigenvalue weighted by Crippen LogP contribution is -2.25. The van der Waals surface area contributed by atoms with E-state index < -0.39 is 0 Å². The standard InChI is InChI=1S/C15H26N2O/c1-18-14-13-17-12-6-11-16-10-5-9-15-7-3-2-4-8-15/h2-4,7-8,16-17H,5-6,9-14H2,1H3. The van der Waals surface area contributed by atoms with Gasteiger partial charge < -0.3 is 15.4 Å². The lowest BCUT2D eigenvalue weighted by Gasteiger charge is -2.06. The minimum atomic E-state index is 0.796. The van der Waals surface area contributed by atoms with Crippen LogP contribution in [0.5, 0.6) is 0 Å². The van der Waals surface area contributed by atoms with Crippen LogP contribution in [-0.2, 0) is 11.2 Å². The molecule has 1 aromatic carbocycles. The number of hydrogen-bond acceptors (Lipinski definition) is 3. The highest BCUT2D eigenvalue weighted by molar-refractivity contribution is 5.14. The first kappa shape index (κ1) is 15.2. The van der Waals surface area contributed by atoms with E-state index in [2.05, 4.69) is 41.0 Å². The third-order valence-corrected chi connectivity index (χ3v) is 2.85.